The predicted molar refractivity (Wildman–Crippen MR) is 98.0 cm³/mol. The lowest BCUT2D eigenvalue weighted by Crippen LogP contribution is -3.10. The van der Waals surface area contributed by atoms with Gasteiger partial charge < -0.3 is 14.7 Å². The fourth-order valence-corrected chi connectivity index (χ4v) is 3.03. The van der Waals surface area contributed by atoms with Crippen molar-refractivity contribution < 1.29 is 19.5 Å². The molecule has 1 aliphatic heterocycles. The summed E-state index contributed by atoms with van der Waals surface area (Å²) in [5.74, 6) is 0.858. The molecule has 3 rings (SSSR count). The van der Waals surface area contributed by atoms with Crippen LogP contribution in [0.4, 0.5) is 0 Å². The van der Waals surface area contributed by atoms with Crippen LogP contribution in [0.25, 0.3) is 6.08 Å². The molecule has 0 fully saturated rings. The first-order chi connectivity index (χ1) is 12.0. The summed E-state index contributed by atoms with van der Waals surface area (Å²) in [6.45, 7) is 8.75. The van der Waals surface area contributed by atoms with E-state index in [1.807, 2.05) is 31.2 Å². The zero-order chi connectivity index (χ0) is 18.0. The topological polar surface area (TPSA) is 51.0 Å². The van der Waals surface area contributed by atoms with Crippen molar-refractivity contribution in [2.45, 2.75) is 27.3 Å². The number of aryl methyl sites for hydroxylation is 1. The maximum Gasteiger partial charge on any atom is 0.231 e. The molecule has 1 heterocycles. The summed E-state index contributed by atoms with van der Waals surface area (Å²) in [6, 6.07) is 11.2. The maximum absolute atomic E-state index is 12.7. The predicted octanol–water partition coefficient (Wildman–Crippen LogP) is 2.74. The number of fused-ring (bicyclic) bond motifs is 1. The molecule has 0 saturated carbocycles. The second-order valence-electron chi connectivity index (χ2n) is 6.42. The average molecular weight is 338 g/mol. The Morgan fingerprint density at radius 2 is 1.76 bits per heavy atom. The lowest BCUT2D eigenvalue weighted by atomic mass is 10.0. The van der Waals surface area contributed by atoms with Gasteiger partial charge in [0.25, 0.3) is 0 Å². The number of benzene rings is 2. The number of phenols is 1. The fourth-order valence-electron chi connectivity index (χ4n) is 3.03. The van der Waals surface area contributed by atoms with Gasteiger partial charge >= 0.3 is 0 Å². The van der Waals surface area contributed by atoms with Crippen molar-refractivity contribution in [3.05, 3.63) is 64.4 Å². The molecular formula is C21H24NO3+. The van der Waals surface area contributed by atoms with E-state index in [2.05, 4.69) is 13.8 Å². The Bertz CT molecular complexity index is 818. The fraction of sp³-hybridized carbons (Fsp3) is 0.286. The first-order valence-electron chi connectivity index (χ1n) is 8.72. The third-order valence-corrected chi connectivity index (χ3v) is 4.72. The SMILES string of the molecule is CC[NH+](CC)Cc1c(O)ccc2c1OC(=Cc1ccc(C)cc1)C2=O. The molecule has 0 aliphatic carbocycles. The molecule has 2 aromatic rings. The van der Waals surface area contributed by atoms with Crippen LogP contribution in [0.2, 0.25) is 0 Å². The van der Waals surface area contributed by atoms with E-state index in [-0.39, 0.29) is 11.5 Å². The third-order valence-electron chi connectivity index (χ3n) is 4.72. The van der Waals surface area contributed by atoms with Gasteiger partial charge in [-0.15, -0.1) is 0 Å². The summed E-state index contributed by atoms with van der Waals surface area (Å²) >= 11 is 0. The molecule has 130 valence electrons. The summed E-state index contributed by atoms with van der Waals surface area (Å²) in [4.78, 5) is 14.0. The minimum atomic E-state index is -0.133. The van der Waals surface area contributed by atoms with Crippen LogP contribution >= 0.6 is 0 Å². The van der Waals surface area contributed by atoms with Crippen molar-refractivity contribution in [1.82, 2.24) is 0 Å². The second-order valence-corrected chi connectivity index (χ2v) is 6.42. The Labute approximate surface area is 148 Å². The summed E-state index contributed by atoms with van der Waals surface area (Å²) in [5.41, 5.74) is 3.31. The monoisotopic (exact) mass is 338 g/mol. The molecule has 0 radical (unpaired) electrons. The lowest BCUT2D eigenvalue weighted by molar-refractivity contribution is -0.910. The number of carbonyl (C=O) groups excluding carboxylic acids is 1. The van der Waals surface area contributed by atoms with Crippen LogP contribution in [0.15, 0.2) is 42.2 Å². The molecular weight excluding hydrogens is 314 g/mol. The molecule has 0 saturated heterocycles. The third kappa shape index (κ3) is 3.44. The number of aromatic hydroxyl groups is 1. The zero-order valence-electron chi connectivity index (χ0n) is 14.9. The summed E-state index contributed by atoms with van der Waals surface area (Å²) in [6.07, 6.45) is 1.76. The minimum Gasteiger partial charge on any atom is -0.507 e. The maximum atomic E-state index is 12.7. The Kier molecular flexibility index (Phi) is 4.91. The highest BCUT2D eigenvalue weighted by Crippen LogP contribution is 2.39. The Morgan fingerprint density at radius 3 is 2.40 bits per heavy atom. The molecule has 0 bridgehead atoms. The highest BCUT2D eigenvalue weighted by atomic mass is 16.5. The van der Waals surface area contributed by atoms with Crippen LogP contribution in [0.3, 0.4) is 0 Å². The van der Waals surface area contributed by atoms with E-state index in [4.69, 9.17) is 4.74 Å². The smallest absolute Gasteiger partial charge is 0.231 e. The van der Waals surface area contributed by atoms with Crippen LogP contribution in [0.5, 0.6) is 11.5 Å². The number of hydrogen-bond donors (Lipinski definition) is 2. The van der Waals surface area contributed by atoms with Gasteiger partial charge in [0.2, 0.25) is 5.78 Å². The number of nitrogens with one attached hydrogen (secondary N) is 1. The molecule has 0 spiro atoms. The van der Waals surface area contributed by atoms with Crippen LogP contribution in [-0.2, 0) is 6.54 Å². The van der Waals surface area contributed by atoms with Crippen LogP contribution in [-0.4, -0.2) is 24.0 Å². The van der Waals surface area contributed by atoms with Crippen molar-refractivity contribution in [2.75, 3.05) is 13.1 Å². The van der Waals surface area contributed by atoms with Gasteiger partial charge in [0, 0.05) is 0 Å². The lowest BCUT2D eigenvalue weighted by Gasteiger charge is -2.17. The van der Waals surface area contributed by atoms with E-state index in [9.17, 15) is 9.90 Å². The van der Waals surface area contributed by atoms with Crippen molar-refractivity contribution in [1.29, 1.82) is 0 Å². The van der Waals surface area contributed by atoms with Gasteiger partial charge in [-0.05, 0) is 44.5 Å². The number of rotatable bonds is 5. The standard InChI is InChI=1S/C21H23NO3/c1-4-22(5-2)13-17-18(23)11-10-16-20(24)19(25-21(16)17)12-15-8-6-14(3)7-9-15/h6-12,23H,4-5,13H2,1-3H3/p+1. The van der Waals surface area contributed by atoms with Gasteiger partial charge in [0.1, 0.15) is 12.3 Å². The molecule has 4 nitrogen and oxygen atoms in total. The van der Waals surface area contributed by atoms with Crippen LogP contribution in [0.1, 0.15) is 40.9 Å². The minimum absolute atomic E-state index is 0.133. The number of ketones is 1. The number of carbonyl (C=O) groups is 1. The van der Waals surface area contributed by atoms with E-state index in [0.29, 0.717) is 29.2 Å². The van der Waals surface area contributed by atoms with Crippen molar-refractivity contribution in [2.24, 2.45) is 0 Å². The van der Waals surface area contributed by atoms with Crippen molar-refractivity contribution >= 4 is 11.9 Å². The second kappa shape index (κ2) is 7.11. The molecule has 2 aromatic carbocycles. The van der Waals surface area contributed by atoms with Crippen LogP contribution < -0.4 is 9.64 Å². The van der Waals surface area contributed by atoms with Crippen molar-refractivity contribution in [3.8, 4) is 11.5 Å². The van der Waals surface area contributed by atoms with Crippen molar-refractivity contribution in [3.63, 3.8) is 0 Å². The Morgan fingerprint density at radius 1 is 1.08 bits per heavy atom. The van der Waals surface area contributed by atoms with E-state index in [1.165, 1.54) is 10.5 Å². The van der Waals surface area contributed by atoms with Gasteiger partial charge in [-0.2, -0.15) is 0 Å². The highest BCUT2D eigenvalue weighted by Gasteiger charge is 2.32. The van der Waals surface area contributed by atoms with E-state index in [0.717, 1.165) is 18.7 Å². The number of phenolic OH excluding ortho intramolecular Hbond substituents is 1. The first-order valence-corrected chi connectivity index (χ1v) is 8.72. The Hall–Kier alpha value is -2.59. The van der Waals surface area contributed by atoms with Crippen LogP contribution in [0, 0.1) is 6.92 Å². The first kappa shape index (κ1) is 17.2. The molecule has 1 aliphatic rings. The quantitative estimate of drug-likeness (QED) is 0.824. The average Bonchev–Trinajstić information content (AvgIpc) is 2.92. The molecule has 0 aromatic heterocycles. The van der Waals surface area contributed by atoms with E-state index in [1.54, 1.807) is 18.2 Å². The van der Waals surface area contributed by atoms with Gasteiger partial charge in [0.15, 0.2) is 11.5 Å². The van der Waals surface area contributed by atoms with Gasteiger partial charge in [-0.25, -0.2) is 0 Å². The summed E-state index contributed by atoms with van der Waals surface area (Å²) in [5, 5.41) is 10.3. The van der Waals surface area contributed by atoms with E-state index >= 15 is 0 Å². The molecule has 25 heavy (non-hydrogen) atoms. The van der Waals surface area contributed by atoms with Gasteiger partial charge in [-0.1, -0.05) is 29.8 Å². The molecule has 2 N–H and O–H groups in total. The number of hydrogen-bond acceptors (Lipinski definition) is 3. The molecule has 0 amide bonds. The molecule has 0 unspecified atom stereocenters. The molecule has 0 atom stereocenters. The summed E-state index contributed by atoms with van der Waals surface area (Å²) in [7, 11) is 0. The van der Waals surface area contributed by atoms with E-state index < -0.39 is 0 Å². The Balaban J connectivity index is 1.96. The number of ether oxygens (including phenoxy) is 1. The zero-order valence-corrected chi connectivity index (χ0v) is 14.9. The number of quaternary nitrogens is 1. The van der Waals surface area contributed by atoms with Gasteiger partial charge in [-0.3, -0.25) is 4.79 Å². The summed E-state index contributed by atoms with van der Waals surface area (Å²) < 4.78 is 5.89. The largest absolute Gasteiger partial charge is 0.507 e. The number of allylic oxidation sites excluding steroid dienone is 1. The normalized spacial score (nSPS) is 14.9. The highest BCUT2D eigenvalue weighted by molar-refractivity contribution is 6.14. The number of Topliss-reactive ketones (excluding diaryl/α,β-unsaturated/α-hetero) is 1. The van der Waals surface area contributed by atoms with Gasteiger partial charge in [0.05, 0.1) is 24.2 Å². The molecule has 4 heteroatoms.